The standard InChI is InChI=1S/C13H16N6O/c1-2-4-14-13-17-11(10-7-16-19-12(10)18-13)15-6-9-3-5-20-8-9/h3,5,7-8H,2,4,6H2,1H3,(H3,14,15,16,17,18,19). The molecule has 0 amide bonds. The number of aromatic amines is 1. The second kappa shape index (κ2) is 5.60. The number of nitrogens with one attached hydrogen (secondary N) is 3. The molecule has 20 heavy (non-hydrogen) atoms. The van der Waals surface area contributed by atoms with E-state index in [-0.39, 0.29) is 0 Å². The molecule has 0 unspecified atom stereocenters. The molecule has 0 aliphatic carbocycles. The van der Waals surface area contributed by atoms with Gasteiger partial charge in [0, 0.05) is 18.7 Å². The summed E-state index contributed by atoms with van der Waals surface area (Å²) < 4.78 is 5.05. The summed E-state index contributed by atoms with van der Waals surface area (Å²) in [4.78, 5) is 8.87. The second-order valence-electron chi connectivity index (χ2n) is 4.44. The van der Waals surface area contributed by atoms with Crippen molar-refractivity contribution >= 4 is 22.8 Å². The summed E-state index contributed by atoms with van der Waals surface area (Å²) in [7, 11) is 0. The first-order chi connectivity index (χ1) is 9.86. The molecule has 3 rings (SSSR count). The van der Waals surface area contributed by atoms with Gasteiger partial charge < -0.3 is 15.1 Å². The van der Waals surface area contributed by atoms with Gasteiger partial charge in [0.1, 0.15) is 5.82 Å². The van der Waals surface area contributed by atoms with Crippen LogP contribution in [0.1, 0.15) is 18.9 Å². The predicted octanol–water partition coefficient (Wildman–Crippen LogP) is 2.38. The fourth-order valence-electron chi connectivity index (χ4n) is 1.86. The number of hydrogen-bond acceptors (Lipinski definition) is 6. The first kappa shape index (κ1) is 12.5. The molecule has 0 saturated heterocycles. The van der Waals surface area contributed by atoms with E-state index in [4.69, 9.17) is 4.42 Å². The number of fused-ring (bicyclic) bond motifs is 1. The van der Waals surface area contributed by atoms with Gasteiger partial charge in [-0.25, -0.2) is 0 Å². The van der Waals surface area contributed by atoms with Gasteiger partial charge in [0.15, 0.2) is 5.65 Å². The maximum absolute atomic E-state index is 5.05. The highest BCUT2D eigenvalue weighted by Crippen LogP contribution is 2.20. The molecule has 3 N–H and O–H groups in total. The summed E-state index contributed by atoms with van der Waals surface area (Å²) in [5.41, 5.74) is 1.77. The second-order valence-corrected chi connectivity index (χ2v) is 4.44. The van der Waals surface area contributed by atoms with Crippen molar-refractivity contribution in [3.05, 3.63) is 30.4 Å². The van der Waals surface area contributed by atoms with Crippen LogP contribution in [-0.2, 0) is 6.54 Å². The normalized spacial score (nSPS) is 10.8. The van der Waals surface area contributed by atoms with Crippen LogP contribution in [0.3, 0.4) is 0 Å². The summed E-state index contributed by atoms with van der Waals surface area (Å²) in [6.45, 7) is 3.57. The molecule has 0 aromatic carbocycles. The van der Waals surface area contributed by atoms with Crippen molar-refractivity contribution in [2.24, 2.45) is 0 Å². The Kier molecular flexibility index (Phi) is 3.49. The van der Waals surface area contributed by atoms with Gasteiger partial charge in [-0.1, -0.05) is 6.92 Å². The fraction of sp³-hybridized carbons (Fsp3) is 0.308. The van der Waals surface area contributed by atoms with E-state index >= 15 is 0 Å². The molecule has 0 bridgehead atoms. The van der Waals surface area contributed by atoms with E-state index < -0.39 is 0 Å². The molecular formula is C13H16N6O. The summed E-state index contributed by atoms with van der Waals surface area (Å²) in [6.07, 6.45) is 6.09. The van der Waals surface area contributed by atoms with Gasteiger partial charge in [-0.2, -0.15) is 15.1 Å². The van der Waals surface area contributed by atoms with Crippen molar-refractivity contribution < 1.29 is 4.42 Å². The number of H-pyrrole nitrogens is 1. The van der Waals surface area contributed by atoms with E-state index in [0.29, 0.717) is 18.1 Å². The van der Waals surface area contributed by atoms with Crippen LogP contribution in [0.2, 0.25) is 0 Å². The highest BCUT2D eigenvalue weighted by molar-refractivity contribution is 5.86. The molecule has 0 atom stereocenters. The smallest absolute Gasteiger partial charge is 0.226 e. The number of hydrogen-bond donors (Lipinski definition) is 3. The third kappa shape index (κ3) is 2.56. The minimum Gasteiger partial charge on any atom is -0.472 e. The van der Waals surface area contributed by atoms with Crippen LogP contribution in [0.4, 0.5) is 11.8 Å². The zero-order chi connectivity index (χ0) is 13.8. The van der Waals surface area contributed by atoms with E-state index in [1.807, 2.05) is 6.07 Å². The monoisotopic (exact) mass is 272 g/mol. The highest BCUT2D eigenvalue weighted by Gasteiger charge is 2.09. The van der Waals surface area contributed by atoms with E-state index in [2.05, 4.69) is 37.7 Å². The lowest BCUT2D eigenvalue weighted by Crippen LogP contribution is -2.08. The molecule has 0 fully saturated rings. The topological polar surface area (TPSA) is 91.7 Å². The van der Waals surface area contributed by atoms with Crippen LogP contribution >= 0.6 is 0 Å². The van der Waals surface area contributed by atoms with Gasteiger partial charge in [-0.15, -0.1) is 0 Å². The zero-order valence-corrected chi connectivity index (χ0v) is 11.2. The molecule has 0 radical (unpaired) electrons. The van der Waals surface area contributed by atoms with Gasteiger partial charge in [0.05, 0.1) is 24.1 Å². The van der Waals surface area contributed by atoms with Gasteiger partial charge in [0.2, 0.25) is 5.95 Å². The van der Waals surface area contributed by atoms with Crippen molar-refractivity contribution in [1.29, 1.82) is 0 Å². The lowest BCUT2D eigenvalue weighted by Gasteiger charge is -2.08. The molecule has 0 saturated carbocycles. The Morgan fingerprint density at radius 2 is 2.25 bits per heavy atom. The Morgan fingerprint density at radius 1 is 1.30 bits per heavy atom. The van der Waals surface area contributed by atoms with E-state index in [9.17, 15) is 0 Å². The van der Waals surface area contributed by atoms with Crippen molar-refractivity contribution in [3.8, 4) is 0 Å². The number of furan rings is 1. The summed E-state index contributed by atoms with van der Waals surface area (Å²) in [5.74, 6) is 1.35. The van der Waals surface area contributed by atoms with Crippen LogP contribution < -0.4 is 10.6 Å². The highest BCUT2D eigenvalue weighted by atomic mass is 16.3. The van der Waals surface area contributed by atoms with E-state index in [1.54, 1.807) is 18.7 Å². The van der Waals surface area contributed by atoms with Crippen molar-refractivity contribution in [1.82, 2.24) is 20.2 Å². The van der Waals surface area contributed by atoms with Crippen LogP contribution in [0, 0.1) is 0 Å². The average molecular weight is 272 g/mol. The molecule has 7 nitrogen and oxygen atoms in total. The van der Waals surface area contributed by atoms with Gasteiger partial charge in [-0.3, -0.25) is 5.10 Å². The van der Waals surface area contributed by atoms with Crippen LogP contribution in [0.15, 0.2) is 29.2 Å². The zero-order valence-electron chi connectivity index (χ0n) is 11.2. The first-order valence-corrected chi connectivity index (χ1v) is 6.56. The summed E-state index contributed by atoms with van der Waals surface area (Å²) >= 11 is 0. The quantitative estimate of drug-likeness (QED) is 0.638. The van der Waals surface area contributed by atoms with Crippen molar-refractivity contribution in [3.63, 3.8) is 0 Å². The summed E-state index contributed by atoms with van der Waals surface area (Å²) in [6, 6.07) is 1.91. The molecule has 3 aromatic heterocycles. The Bertz CT molecular complexity index is 675. The Labute approximate surface area is 115 Å². The fourth-order valence-corrected chi connectivity index (χ4v) is 1.86. The molecule has 0 spiro atoms. The number of aromatic nitrogens is 4. The van der Waals surface area contributed by atoms with Crippen molar-refractivity contribution in [2.75, 3.05) is 17.2 Å². The number of nitrogens with zero attached hydrogens (tertiary/aromatic N) is 3. The summed E-state index contributed by atoms with van der Waals surface area (Å²) in [5, 5.41) is 14.2. The lowest BCUT2D eigenvalue weighted by molar-refractivity contribution is 0.564. The Balaban J connectivity index is 1.85. The van der Waals surface area contributed by atoms with Crippen LogP contribution in [0.25, 0.3) is 11.0 Å². The molecule has 104 valence electrons. The first-order valence-electron chi connectivity index (χ1n) is 6.56. The molecule has 3 heterocycles. The average Bonchev–Trinajstić information content (AvgIpc) is 3.13. The number of anilines is 2. The maximum Gasteiger partial charge on any atom is 0.226 e. The third-order valence-electron chi connectivity index (χ3n) is 2.88. The lowest BCUT2D eigenvalue weighted by atomic mass is 10.3. The maximum atomic E-state index is 5.05. The molecule has 7 heteroatoms. The van der Waals surface area contributed by atoms with Crippen molar-refractivity contribution in [2.45, 2.75) is 19.9 Å². The minimum absolute atomic E-state index is 0.596. The number of rotatable bonds is 6. The van der Waals surface area contributed by atoms with E-state index in [0.717, 1.165) is 29.7 Å². The van der Waals surface area contributed by atoms with Crippen LogP contribution in [-0.4, -0.2) is 26.7 Å². The third-order valence-corrected chi connectivity index (χ3v) is 2.88. The van der Waals surface area contributed by atoms with Crippen LogP contribution in [0.5, 0.6) is 0 Å². The van der Waals surface area contributed by atoms with Gasteiger partial charge >= 0.3 is 0 Å². The Hall–Kier alpha value is -2.57. The molecular weight excluding hydrogens is 256 g/mol. The molecule has 3 aromatic rings. The minimum atomic E-state index is 0.596. The molecule has 0 aliphatic rings. The largest absolute Gasteiger partial charge is 0.472 e. The van der Waals surface area contributed by atoms with Gasteiger partial charge in [-0.05, 0) is 12.5 Å². The van der Waals surface area contributed by atoms with E-state index in [1.165, 1.54) is 0 Å². The Morgan fingerprint density at radius 3 is 3.05 bits per heavy atom. The predicted molar refractivity (Wildman–Crippen MR) is 76.5 cm³/mol. The molecule has 0 aliphatic heterocycles. The SMILES string of the molecule is CCCNc1nc(NCc2ccoc2)c2cn[nH]c2n1. The van der Waals surface area contributed by atoms with Gasteiger partial charge in [0.25, 0.3) is 0 Å².